The van der Waals surface area contributed by atoms with Crippen LogP contribution in [-0.4, -0.2) is 26.7 Å². The van der Waals surface area contributed by atoms with Crippen LogP contribution in [0, 0.1) is 0 Å². The van der Waals surface area contributed by atoms with E-state index < -0.39 is 21.6 Å². The van der Waals surface area contributed by atoms with Crippen LogP contribution in [0.4, 0.5) is 0 Å². The predicted octanol–water partition coefficient (Wildman–Crippen LogP) is 2.48. The van der Waals surface area contributed by atoms with Gasteiger partial charge in [-0.1, -0.05) is 0 Å². The molecule has 2 atom stereocenters. The van der Waals surface area contributed by atoms with Crippen LogP contribution in [0.25, 0.3) is 0 Å². The molecule has 0 bridgehead atoms. The molecular weight excluding hydrogens is 234 g/mol. The van der Waals surface area contributed by atoms with Crippen LogP contribution in [0.2, 0.25) is 0 Å². The van der Waals surface area contributed by atoms with Crippen LogP contribution in [0.1, 0.15) is 6.42 Å². The van der Waals surface area contributed by atoms with Gasteiger partial charge in [0.2, 0.25) is 0 Å². The molecule has 0 heterocycles. The lowest BCUT2D eigenvalue weighted by atomic mass is 10.2. The molecule has 0 aromatic carbocycles. The first-order chi connectivity index (χ1) is 4.95. The Bertz CT molecular complexity index is 138. The molecule has 6 heteroatoms. The molecule has 0 fully saturated rings. The van der Waals surface area contributed by atoms with Gasteiger partial charge in [0.15, 0.2) is 0 Å². The highest BCUT2D eigenvalue weighted by molar-refractivity contribution is 6.45. The summed E-state index contributed by atoms with van der Waals surface area (Å²) in [5.41, 5.74) is 0. The molecule has 66 valence electrons. The highest BCUT2D eigenvalue weighted by Gasteiger charge is 2.25. The average Bonchev–Trinajstić information content (AvgIpc) is 1.84. The van der Waals surface area contributed by atoms with Crippen LogP contribution in [0.3, 0.4) is 0 Å². The molecule has 2 unspecified atom stereocenters. The minimum Gasteiger partial charge on any atom is -0.480 e. The van der Waals surface area contributed by atoms with E-state index in [0.717, 1.165) is 0 Å². The topological polar surface area (TPSA) is 37.3 Å². The van der Waals surface area contributed by atoms with Crippen molar-refractivity contribution in [3.63, 3.8) is 0 Å². The van der Waals surface area contributed by atoms with E-state index in [1.807, 2.05) is 0 Å². The van der Waals surface area contributed by atoms with Gasteiger partial charge < -0.3 is 5.11 Å². The second kappa shape index (κ2) is 5.31. The highest BCUT2D eigenvalue weighted by Crippen LogP contribution is 2.20. The molecule has 0 rings (SSSR count). The van der Waals surface area contributed by atoms with Crippen LogP contribution in [0.5, 0.6) is 0 Å². The Labute approximate surface area is 84.4 Å². The Balaban J connectivity index is 3.82. The van der Waals surface area contributed by atoms with Crippen molar-refractivity contribution in [3.05, 3.63) is 0 Å². The van der Waals surface area contributed by atoms with Crippen molar-refractivity contribution in [2.24, 2.45) is 0 Å². The van der Waals surface area contributed by atoms with E-state index in [4.69, 9.17) is 51.5 Å². The van der Waals surface area contributed by atoms with Gasteiger partial charge in [0.1, 0.15) is 10.2 Å². The van der Waals surface area contributed by atoms with E-state index in [9.17, 15) is 4.79 Å². The van der Waals surface area contributed by atoms with Gasteiger partial charge in [-0.3, -0.25) is 4.79 Å². The van der Waals surface area contributed by atoms with Gasteiger partial charge in [-0.25, -0.2) is 0 Å². The summed E-state index contributed by atoms with van der Waals surface area (Å²) < 4.78 is 0. The summed E-state index contributed by atoms with van der Waals surface area (Å²) in [5, 5.41) is 6.48. The highest BCUT2D eigenvalue weighted by atomic mass is 35.5. The molecule has 0 aromatic heterocycles. The second-order valence-corrected chi connectivity index (χ2v) is 4.19. The quantitative estimate of drug-likeness (QED) is 0.766. The van der Waals surface area contributed by atoms with E-state index in [-0.39, 0.29) is 6.42 Å². The van der Waals surface area contributed by atoms with Gasteiger partial charge in [0.05, 0.1) is 5.38 Å². The molecule has 2 nitrogen and oxygen atoms in total. The van der Waals surface area contributed by atoms with Gasteiger partial charge >= 0.3 is 5.97 Å². The molecule has 0 aliphatic heterocycles. The predicted molar refractivity (Wildman–Crippen MR) is 47.0 cm³/mol. The number of carboxylic acid groups (broad SMARTS) is 1. The third kappa shape index (κ3) is 4.96. The summed E-state index contributed by atoms with van der Waals surface area (Å²) in [7, 11) is 0. The van der Waals surface area contributed by atoms with Gasteiger partial charge in [-0.05, 0) is 6.42 Å². The SMILES string of the molecule is O=C(O)C(Cl)C(Cl)CC(Cl)Cl. The molecular formula is C5H6Cl4O2. The van der Waals surface area contributed by atoms with Crippen molar-refractivity contribution >= 4 is 52.4 Å². The van der Waals surface area contributed by atoms with Crippen LogP contribution >= 0.6 is 46.4 Å². The summed E-state index contributed by atoms with van der Waals surface area (Å²) in [5.74, 6) is -1.17. The van der Waals surface area contributed by atoms with Crippen molar-refractivity contribution in [2.45, 2.75) is 22.0 Å². The first-order valence-electron chi connectivity index (χ1n) is 2.74. The van der Waals surface area contributed by atoms with Crippen molar-refractivity contribution < 1.29 is 9.90 Å². The summed E-state index contributed by atoms with van der Waals surface area (Å²) in [6, 6.07) is 0. The number of rotatable bonds is 4. The molecule has 0 saturated heterocycles. The summed E-state index contributed by atoms with van der Waals surface area (Å²) in [4.78, 5) is 9.54. The maximum Gasteiger partial charge on any atom is 0.323 e. The third-order valence-corrected chi connectivity index (χ3v) is 2.36. The first kappa shape index (κ1) is 11.6. The number of carbonyl (C=O) groups is 1. The van der Waals surface area contributed by atoms with Crippen molar-refractivity contribution in [1.29, 1.82) is 0 Å². The number of aliphatic carboxylic acids is 1. The Morgan fingerprint density at radius 1 is 1.27 bits per heavy atom. The fourth-order valence-electron chi connectivity index (χ4n) is 0.444. The number of carboxylic acids is 1. The number of hydrogen-bond donors (Lipinski definition) is 1. The monoisotopic (exact) mass is 238 g/mol. The Kier molecular flexibility index (Phi) is 5.61. The third-order valence-electron chi connectivity index (χ3n) is 0.957. The Morgan fingerprint density at radius 2 is 1.73 bits per heavy atom. The summed E-state index contributed by atoms with van der Waals surface area (Å²) in [6.45, 7) is 0. The van der Waals surface area contributed by atoms with Gasteiger partial charge in [0, 0.05) is 0 Å². The second-order valence-electron chi connectivity index (χ2n) is 1.88. The van der Waals surface area contributed by atoms with Gasteiger partial charge in [-0.15, -0.1) is 46.4 Å². The standard InChI is InChI=1S/C5H6Cl4O2/c6-2(1-3(7)8)4(9)5(10)11/h2-4H,1H2,(H,10,11). The zero-order valence-corrected chi connectivity index (χ0v) is 8.33. The minimum absolute atomic E-state index is 0.158. The van der Waals surface area contributed by atoms with Crippen LogP contribution < -0.4 is 0 Å². The average molecular weight is 240 g/mol. The molecule has 0 aliphatic carbocycles. The first-order valence-corrected chi connectivity index (χ1v) is 4.48. The van der Waals surface area contributed by atoms with E-state index in [0.29, 0.717) is 0 Å². The van der Waals surface area contributed by atoms with E-state index in [1.54, 1.807) is 0 Å². The maximum absolute atomic E-state index is 10.2. The lowest BCUT2D eigenvalue weighted by molar-refractivity contribution is -0.136. The number of hydrogen-bond acceptors (Lipinski definition) is 1. The summed E-state index contributed by atoms with van der Waals surface area (Å²) in [6.07, 6.45) is 0.158. The largest absolute Gasteiger partial charge is 0.480 e. The normalized spacial score (nSPS) is 16.5. The van der Waals surface area contributed by atoms with E-state index in [2.05, 4.69) is 0 Å². The van der Waals surface area contributed by atoms with Crippen LogP contribution in [0.15, 0.2) is 0 Å². The van der Waals surface area contributed by atoms with Crippen molar-refractivity contribution in [1.82, 2.24) is 0 Å². The number of halogens is 4. The molecule has 0 aromatic rings. The van der Waals surface area contributed by atoms with Gasteiger partial charge in [0.25, 0.3) is 0 Å². The molecule has 11 heavy (non-hydrogen) atoms. The lowest BCUT2D eigenvalue weighted by Crippen LogP contribution is -2.25. The fourth-order valence-corrected chi connectivity index (χ4v) is 1.40. The van der Waals surface area contributed by atoms with Crippen molar-refractivity contribution in [2.75, 3.05) is 0 Å². The molecule has 1 N–H and O–H groups in total. The van der Waals surface area contributed by atoms with Crippen molar-refractivity contribution in [3.8, 4) is 0 Å². The Morgan fingerprint density at radius 3 is 2.00 bits per heavy atom. The number of alkyl halides is 4. The lowest BCUT2D eigenvalue weighted by Gasteiger charge is -2.11. The van der Waals surface area contributed by atoms with Crippen LogP contribution in [-0.2, 0) is 4.79 Å². The smallest absolute Gasteiger partial charge is 0.323 e. The Hall–Kier alpha value is 0.630. The molecule has 0 radical (unpaired) electrons. The van der Waals surface area contributed by atoms with E-state index in [1.165, 1.54) is 0 Å². The zero-order chi connectivity index (χ0) is 9.02. The maximum atomic E-state index is 10.2. The molecule has 0 saturated carbocycles. The molecule has 0 amide bonds. The minimum atomic E-state index is -1.17. The molecule has 0 spiro atoms. The van der Waals surface area contributed by atoms with Gasteiger partial charge in [-0.2, -0.15) is 0 Å². The summed E-state index contributed by atoms with van der Waals surface area (Å²) >= 11 is 21.6. The van der Waals surface area contributed by atoms with E-state index >= 15 is 0 Å². The fraction of sp³-hybridized carbons (Fsp3) is 0.800. The zero-order valence-electron chi connectivity index (χ0n) is 5.31. The molecule has 0 aliphatic rings.